The number of carbonyl (C=O) groups excluding carboxylic acids is 1. The summed E-state index contributed by atoms with van der Waals surface area (Å²) in [7, 11) is 0. The van der Waals surface area contributed by atoms with Crippen LogP contribution in [0.25, 0.3) is 0 Å². The first-order valence-corrected chi connectivity index (χ1v) is 6.66. The lowest BCUT2D eigenvalue weighted by molar-refractivity contribution is -0.128. The highest BCUT2D eigenvalue weighted by Gasteiger charge is 2.18. The fraction of sp³-hybridized carbons (Fsp3) is 0.118. The van der Waals surface area contributed by atoms with Crippen LogP contribution in [0, 0.1) is 0 Å². The Balaban J connectivity index is 1.82. The van der Waals surface area contributed by atoms with Crippen molar-refractivity contribution in [2.75, 3.05) is 11.6 Å². The number of hydrogen-bond donors (Lipinski definition) is 0. The van der Waals surface area contributed by atoms with Crippen LogP contribution in [0.1, 0.15) is 5.56 Å². The summed E-state index contributed by atoms with van der Waals surface area (Å²) in [5, 5.41) is 0. The molecule has 0 aromatic heterocycles. The van der Waals surface area contributed by atoms with E-state index >= 15 is 0 Å². The minimum atomic E-state index is -0.466. The predicted molar refractivity (Wildman–Crippen MR) is 80.4 cm³/mol. The number of esters is 1. The third-order valence-electron chi connectivity index (χ3n) is 3.28. The summed E-state index contributed by atoms with van der Waals surface area (Å²) in [6, 6.07) is 15.4. The number of anilines is 1. The molecule has 3 rings (SSSR count). The van der Waals surface area contributed by atoms with Gasteiger partial charge < -0.3 is 14.4 Å². The predicted octanol–water partition coefficient (Wildman–Crippen LogP) is 3.13. The van der Waals surface area contributed by atoms with Crippen LogP contribution in [-0.2, 0) is 11.3 Å². The van der Waals surface area contributed by atoms with Crippen LogP contribution < -0.4 is 14.4 Å². The van der Waals surface area contributed by atoms with Crippen molar-refractivity contribution < 1.29 is 14.3 Å². The molecule has 0 bridgehead atoms. The van der Waals surface area contributed by atoms with Gasteiger partial charge in [-0.05, 0) is 30.3 Å². The third kappa shape index (κ3) is 2.89. The zero-order chi connectivity index (χ0) is 14.7. The third-order valence-corrected chi connectivity index (χ3v) is 3.28. The second-order valence-corrected chi connectivity index (χ2v) is 4.70. The molecule has 0 aliphatic carbocycles. The first kappa shape index (κ1) is 13.2. The number of rotatable bonds is 3. The molecule has 2 aromatic rings. The maximum Gasteiger partial charge on any atom is 0.335 e. The van der Waals surface area contributed by atoms with Gasteiger partial charge in [-0.3, -0.25) is 0 Å². The molecule has 0 fully saturated rings. The summed E-state index contributed by atoms with van der Waals surface area (Å²) in [4.78, 5) is 13.4. The maximum absolute atomic E-state index is 11.3. The number of ether oxygens (including phenoxy) is 2. The van der Waals surface area contributed by atoms with Crippen molar-refractivity contribution in [3.63, 3.8) is 0 Å². The number of benzene rings is 2. The largest absolute Gasteiger partial charge is 0.473 e. The van der Waals surface area contributed by atoms with E-state index in [0.29, 0.717) is 19.0 Å². The quantitative estimate of drug-likeness (QED) is 0.492. The Morgan fingerprint density at radius 1 is 1.24 bits per heavy atom. The van der Waals surface area contributed by atoms with E-state index in [4.69, 9.17) is 9.47 Å². The van der Waals surface area contributed by atoms with E-state index in [-0.39, 0.29) is 0 Å². The van der Waals surface area contributed by atoms with Crippen molar-refractivity contribution in [1.29, 1.82) is 0 Å². The molecular weight excluding hydrogens is 266 g/mol. The number of nitrogens with zero attached hydrogens (tertiary/aromatic N) is 1. The van der Waals surface area contributed by atoms with Crippen LogP contribution in [0.5, 0.6) is 11.5 Å². The first-order valence-electron chi connectivity index (χ1n) is 6.66. The molecule has 0 N–H and O–H groups in total. The Bertz CT molecular complexity index is 667. The SMILES string of the molecule is C=CC(=O)Oc1ccc2c(c1)CN(c1ccccc1)CO2. The summed E-state index contributed by atoms with van der Waals surface area (Å²) >= 11 is 0. The topological polar surface area (TPSA) is 38.8 Å². The van der Waals surface area contributed by atoms with Crippen molar-refractivity contribution in [2.45, 2.75) is 6.54 Å². The molecule has 0 unspecified atom stereocenters. The summed E-state index contributed by atoms with van der Waals surface area (Å²) in [6.45, 7) is 4.60. The summed E-state index contributed by atoms with van der Waals surface area (Å²) in [5.74, 6) is 0.851. The zero-order valence-electron chi connectivity index (χ0n) is 11.5. The number of carbonyl (C=O) groups is 1. The highest BCUT2D eigenvalue weighted by Crippen LogP contribution is 2.31. The molecular formula is C17H15NO3. The Morgan fingerprint density at radius 3 is 2.81 bits per heavy atom. The summed E-state index contributed by atoms with van der Waals surface area (Å²) in [5.41, 5.74) is 2.08. The van der Waals surface area contributed by atoms with E-state index < -0.39 is 5.97 Å². The molecule has 0 saturated heterocycles. The summed E-state index contributed by atoms with van der Waals surface area (Å²) in [6.07, 6.45) is 1.15. The van der Waals surface area contributed by atoms with Crippen molar-refractivity contribution in [1.82, 2.24) is 0 Å². The molecule has 0 saturated carbocycles. The van der Waals surface area contributed by atoms with E-state index in [9.17, 15) is 4.79 Å². The average molecular weight is 281 g/mol. The summed E-state index contributed by atoms with van der Waals surface area (Å²) < 4.78 is 10.9. The highest BCUT2D eigenvalue weighted by atomic mass is 16.5. The van der Waals surface area contributed by atoms with E-state index in [2.05, 4.69) is 11.5 Å². The van der Waals surface area contributed by atoms with Crippen molar-refractivity contribution in [3.8, 4) is 11.5 Å². The Morgan fingerprint density at radius 2 is 2.05 bits per heavy atom. The van der Waals surface area contributed by atoms with Gasteiger partial charge in [-0.2, -0.15) is 0 Å². The van der Waals surface area contributed by atoms with Crippen LogP contribution in [0.2, 0.25) is 0 Å². The standard InChI is InChI=1S/C17H15NO3/c1-2-17(19)21-15-8-9-16-13(10-15)11-18(12-20-16)14-6-4-3-5-7-14/h2-10H,1,11-12H2. The average Bonchev–Trinajstić information content (AvgIpc) is 2.55. The van der Waals surface area contributed by atoms with E-state index in [1.807, 2.05) is 42.5 Å². The fourth-order valence-electron chi connectivity index (χ4n) is 2.24. The number of para-hydroxylation sites is 1. The van der Waals surface area contributed by atoms with Crippen molar-refractivity contribution >= 4 is 11.7 Å². The van der Waals surface area contributed by atoms with Gasteiger partial charge in [0, 0.05) is 23.9 Å². The Labute approximate surface area is 123 Å². The van der Waals surface area contributed by atoms with Crippen LogP contribution in [0.15, 0.2) is 61.2 Å². The van der Waals surface area contributed by atoms with Crippen LogP contribution in [-0.4, -0.2) is 12.7 Å². The van der Waals surface area contributed by atoms with Gasteiger partial charge in [0.05, 0.1) is 0 Å². The smallest absolute Gasteiger partial charge is 0.335 e. The molecule has 0 spiro atoms. The van der Waals surface area contributed by atoms with Crippen molar-refractivity contribution in [3.05, 3.63) is 66.7 Å². The fourth-order valence-corrected chi connectivity index (χ4v) is 2.24. The molecule has 1 aliphatic rings. The van der Waals surface area contributed by atoms with Gasteiger partial charge in [0.15, 0.2) is 6.73 Å². The zero-order valence-corrected chi connectivity index (χ0v) is 11.5. The second-order valence-electron chi connectivity index (χ2n) is 4.70. The minimum absolute atomic E-state index is 0.466. The molecule has 4 nitrogen and oxygen atoms in total. The van der Waals surface area contributed by atoms with Gasteiger partial charge >= 0.3 is 5.97 Å². The lowest BCUT2D eigenvalue weighted by Gasteiger charge is -2.30. The number of hydrogen-bond acceptors (Lipinski definition) is 4. The monoisotopic (exact) mass is 281 g/mol. The second kappa shape index (κ2) is 5.71. The molecule has 1 aliphatic heterocycles. The van der Waals surface area contributed by atoms with E-state index in [1.54, 1.807) is 6.07 Å². The van der Waals surface area contributed by atoms with Crippen molar-refractivity contribution in [2.24, 2.45) is 0 Å². The van der Waals surface area contributed by atoms with Gasteiger partial charge in [0.25, 0.3) is 0 Å². The molecule has 0 atom stereocenters. The lowest BCUT2D eigenvalue weighted by Crippen LogP contribution is -2.31. The van der Waals surface area contributed by atoms with Gasteiger partial charge in [-0.25, -0.2) is 4.79 Å². The Hall–Kier alpha value is -2.75. The number of fused-ring (bicyclic) bond motifs is 1. The van der Waals surface area contributed by atoms with E-state index in [0.717, 1.165) is 23.1 Å². The molecule has 0 radical (unpaired) electrons. The van der Waals surface area contributed by atoms with Gasteiger partial charge in [-0.15, -0.1) is 0 Å². The molecule has 0 amide bonds. The van der Waals surface area contributed by atoms with Crippen LogP contribution in [0.3, 0.4) is 0 Å². The maximum atomic E-state index is 11.3. The normalized spacial score (nSPS) is 13.0. The molecule has 2 aromatic carbocycles. The van der Waals surface area contributed by atoms with Crippen LogP contribution >= 0.6 is 0 Å². The first-order chi connectivity index (χ1) is 10.3. The molecule has 1 heterocycles. The van der Waals surface area contributed by atoms with E-state index in [1.165, 1.54) is 0 Å². The van der Waals surface area contributed by atoms with Gasteiger partial charge in [0.2, 0.25) is 0 Å². The van der Waals surface area contributed by atoms with Crippen LogP contribution in [0.4, 0.5) is 5.69 Å². The molecule has 106 valence electrons. The lowest BCUT2D eigenvalue weighted by atomic mass is 10.1. The minimum Gasteiger partial charge on any atom is -0.473 e. The molecule has 4 heteroatoms. The van der Waals surface area contributed by atoms with Gasteiger partial charge in [-0.1, -0.05) is 24.8 Å². The molecule has 21 heavy (non-hydrogen) atoms. The highest BCUT2D eigenvalue weighted by molar-refractivity contribution is 5.83. The Kier molecular flexibility index (Phi) is 3.60. The van der Waals surface area contributed by atoms with Gasteiger partial charge in [0.1, 0.15) is 11.5 Å².